The van der Waals surface area contributed by atoms with Gasteiger partial charge in [0.2, 0.25) is 0 Å². The summed E-state index contributed by atoms with van der Waals surface area (Å²) in [6, 6.07) is 12.6. The van der Waals surface area contributed by atoms with E-state index in [2.05, 4.69) is 47.0 Å². The largest absolute Gasteiger partial charge is 0.327 e. The van der Waals surface area contributed by atoms with Crippen LogP contribution in [0.3, 0.4) is 0 Å². The maximum atomic E-state index is 6.22. The molecule has 0 aliphatic rings. The summed E-state index contributed by atoms with van der Waals surface area (Å²) in [6.07, 6.45) is 4.76. The molecule has 1 unspecified atom stereocenters. The minimum absolute atomic E-state index is 0.153. The number of hydrogen-bond acceptors (Lipinski definition) is 2. The van der Waals surface area contributed by atoms with E-state index in [1.807, 2.05) is 12.3 Å². The Labute approximate surface area is 109 Å². The fourth-order valence-electron chi connectivity index (χ4n) is 2.20. The van der Waals surface area contributed by atoms with Crippen LogP contribution in [-0.2, 0) is 19.4 Å². The number of hydrogen-bond donors (Lipinski definition) is 1. The van der Waals surface area contributed by atoms with E-state index < -0.39 is 0 Å². The van der Waals surface area contributed by atoms with Gasteiger partial charge in [-0.2, -0.15) is 5.10 Å². The first kappa shape index (κ1) is 12.8. The van der Waals surface area contributed by atoms with Crippen molar-refractivity contribution in [2.24, 2.45) is 5.73 Å². The lowest BCUT2D eigenvalue weighted by atomic mass is 10.0. The number of benzene rings is 1. The van der Waals surface area contributed by atoms with Crippen LogP contribution in [0.5, 0.6) is 0 Å². The molecule has 96 valence electrons. The molecule has 1 heterocycles. The van der Waals surface area contributed by atoms with Gasteiger partial charge in [-0.05, 0) is 24.5 Å². The minimum Gasteiger partial charge on any atom is -0.327 e. The second-order valence-electron chi connectivity index (χ2n) is 4.70. The Kier molecular flexibility index (Phi) is 4.53. The van der Waals surface area contributed by atoms with Crippen LogP contribution >= 0.6 is 0 Å². The van der Waals surface area contributed by atoms with Crippen molar-refractivity contribution in [1.29, 1.82) is 0 Å². The molecule has 3 nitrogen and oxygen atoms in total. The molecule has 0 fully saturated rings. The molecule has 1 aromatic carbocycles. The molecule has 18 heavy (non-hydrogen) atoms. The molecule has 0 saturated carbocycles. The average molecular weight is 243 g/mol. The Morgan fingerprint density at radius 3 is 2.67 bits per heavy atom. The predicted molar refractivity (Wildman–Crippen MR) is 74.3 cm³/mol. The van der Waals surface area contributed by atoms with Gasteiger partial charge in [-0.15, -0.1) is 0 Å². The van der Waals surface area contributed by atoms with E-state index in [9.17, 15) is 0 Å². The van der Waals surface area contributed by atoms with Gasteiger partial charge in [0, 0.05) is 30.9 Å². The predicted octanol–water partition coefficient (Wildman–Crippen LogP) is 2.41. The Balaban J connectivity index is 1.94. The Hall–Kier alpha value is -1.61. The lowest BCUT2D eigenvalue weighted by Crippen LogP contribution is -2.27. The average Bonchev–Trinajstić information content (AvgIpc) is 2.78. The van der Waals surface area contributed by atoms with Crippen molar-refractivity contribution in [1.82, 2.24) is 9.78 Å². The van der Waals surface area contributed by atoms with E-state index in [1.165, 1.54) is 11.3 Å². The van der Waals surface area contributed by atoms with E-state index >= 15 is 0 Å². The third-order valence-corrected chi connectivity index (χ3v) is 3.05. The van der Waals surface area contributed by atoms with Crippen LogP contribution in [0.25, 0.3) is 0 Å². The molecule has 0 amide bonds. The summed E-state index contributed by atoms with van der Waals surface area (Å²) in [7, 11) is 0. The second-order valence-corrected chi connectivity index (χ2v) is 4.70. The monoisotopic (exact) mass is 243 g/mol. The summed E-state index contributed by atoms with van der Waals surface area (Å²) in [5, 5.41) is 4.33. The summed E-state index contributed by atoms with van der Waals surface area (Å²) in [5.74, 6) is 0. The highest BCUT2D eigenvalue weighted by atomic mass is 15.3. The maximum absolute atomic E-state index is 6.22. The minimum atomic E-state index is 0.153. The molecule has 0 aliphatic heterocycles. The highest BCUT2D eigenvalue weighted by Gasteiger charge is 2.09. The molecule has 1 aromatic heterocycles. The van der Waals surface area contributed by atoms with Gasteiger partial charge in [-0.1, -0.05) is 37.3 Å². The zero-order chi connectivity index (χ0) is 12.8. The van der Waals surface area contributed by atoms with Crippen molar-refractivity contribution >= 4 is 0 Å². The molecule has 2 aromatic rings. The molecule has 1 atom stereocenters. The van der Waals surface area contributed by atoms with Crippen molar-refractivity contribution in [2.45, 2.75) is 38.8 Å². The first-order chi connectivity index (χ1) is 8.79. The van der Waals surface area contributed by atoms with Gasteiger partial charge in [0.1, 0.15) is 0 Å². The highest BCUT2D eigenvalue weighted by molar-refractivity contribution is 5.16. The smallest absolute Gasteiger partial charge is 0.0492 e. The SMILES string of the molecule is CCCn1nccc1CC(N)Cc1ccccc1. The summed E-state index contributed by atoms with van der Waals surface area (Å²) in [5.41, 5.74) is 8.75. The van der Waals surface area contributed by atoms with Crippen molar-refractivity contribution in [3.8, 4) is 0 Å². The van der Waals surface area contributed by atoms with Crippen LogP contribution < -0.4 is 5.73 Å². The Morgan fingerprint density at radius 2 is 1.94 bits per heavy atom. The first-order valence-electron chi connectivity index (χ1n) is 6.59. The van der Waals surface area contributed by atoms with Crippen LogP contribution in [0, 0.1) is 0 Å². The van der Waals surface area contributed by atoms with Crippen molar-refractivity contribution in [3.05, 3.63) is 53.9 Å². The first-order valence-corrected chi connectivity index (χ1v) is 6.59. The lowest BCUT2D eigenvalue weighted by Gasteiger charge is -2.13. The van der Waals surface area contributed by atoms with E-state index in [-0.39, 0.29) is 6.04 Å². The quantitative estimate of drug-likeness (QED) is 0.846. The van der Waals surface area contributed by atoms with E-state index in [1.54, 1.807) is 0 Å². The highest BCUT2D eigenvalue weighted by Crippen LogP contribution is 2.08. The van der Waals surface area contributed by atoms with E-state index in [0.29, 0.717) is 0 Å². The number of rotatable bonds is 6. The lowest BCUT2D eigenvalue weighted by molar-refractivity contribution is 0.547. The van der Waals surface area contributed by atoms with Crippen LogP contribution in [-0.4, -0.2) is 15.8 Å². The van der Waals surface area contributed by atoms with Gasteiger partial charge < -0.3 is 5.73 Å². The molecule has 0 spiro atoms. The fourth-order valence-corrected chi connectivity index (χ4v) is 2.20. The molecule has 0 bridgehead atoms. The van der Waals surface area contributed by atoms with Crippen molar-refractivity contribution in [3.63, 3.8) is 0 Å². The molecule has 2 N–H and O–H groups in total. The van der Waals surface area contributed by atoms with Gasteiger partial charge in [-0.3, -0.25) is 4.68 Å². The standard InChI is InChI=1S/C15H21N3/c1-2-10-18-15(8-9-17-18)12-14(16)11-13-6-4-3-5-7-13/h3-9,14H,2,10-12,16H2,1H3. The summed E-state index contributed by atoms with van der Waals surface area (Å²) in [6.45, 7) is 3.13. The normalized spacial score (nSPS) is 12.6. The molecule has 0 aliphatic carbocycles. The molecule has 0 saturated heterocycles. The van der Waals surface area contributed by atoms with E-state index in [4.69, 9.17) is 5.73 Å². The van der Waals surface area contributed by atoms with Crippen molar-refractivity contribution < 1.29 is 0 Å². The molecule has 0 radical (unpaired) electrons. The summed E-state index contributed by atoms with van der Waals surface area (Å²) in [4.78, 5) is 0. The van der Waals surface area contributed by atoms with Crippen LogP contribution in [0.4, 0.5) is 0 Å². The molecular weight excluding hydrogens is 222 g/mol. The maximum Gasteiger partial charge on any atom is 0.0492 e. The fraction of sp³-hybridized carbons (Fsp3) is 0.400. The Morgan fingerprint density at radius 1 is 1.17 bits per heavy atom. The van der Waals surface area contributed by atoms with Gasteiger partial charge in [-0.25, -0.2) is 0 Å². The van der Waals surface area contributed by atoms with Gasteiger partial charge in [0.05, 0.1) is 0 Å². The summed E-state index contributed by atoms with van der Waals surface area (Å²) >= 11 is 0. The van der Waals surface area contributed by atoms with Crippen LogP contribution in [0.1, 0.15) is 24.6 Å². The molecular formula is C15H21N3. The number of aromatic nitrogens is 2. The number of nitrogens with two attached hydrogens (primary N) is 1. The zero-order valence-corrected chi connectivity index (χ0v) is 10.9. The van der Waals surface area contributed by atoms with Gasteiger partial charge in [0.15, 0.2) is 0 Å². The van der Waals surface area contributed by atoms with E-state index in [0.717, 1.165) is 25.8 Å². The molecule has 3 heteroatoms. The number of aryl methyl sites for hydroxylation is 1. The number of nitrogens with zero attached hydrogens (tertiary/aromatic N) is 2. The topological polar surface area (TPSA) is 43.8 Å². The second kappa shape index (κ2) is 6.36. The van der Waals surface area contributed by atoms with Crippen molar-refractivity contribution in [2.75, 3.05) is 0 Å². The third-order valence-electron chi connectivity index (χ3n) is 3.05. The molecule has 2 rings (SSSR count). The summed E-state index contributed by atoms with van der Waals surface area (Å²) < 4.78 is 2.06. The van der Waals surface area contributed by atoms with Gasteiger partial charge >= 0.3 is 0 Å². The zero-order valence-electron chi connectivity index (χ0n) is 10.9. The van der Waals surface area contributed by atoms with Crippen LogP contribution in [0.15, 0.2) is 42.6 Å². The third kappa shape index (κ3) is 3.44. The van der Waals surface area contributed by atoms with Gasteiger partial charge in [0.25, 0.3) is 0 Å². The Bertz CT molecular complexity index is 462. The van der Waals surface area contributed by atoms with Crippen LogP contribution in [0.2, 0.25) is 0 Å².